The largest absolute Gasteiger partial charge is 0.465 e. The number of aliphatic hydroxyl groups excluding tert-OH is 1. The third-order valence-corrected chi connectivity index (χ3v) is 3.04. The normalized spacial score (nSPS) is 9.94. The summed E-state index contributed by atoms with van der Waals surface area (Å²) in [7, 11) is 1.30. The number of hydrogen-bond donors (Lipinski definition) is 1. The molecular formula is C11H11ClO3S. The van der Waals surface area contributed by atoms with Crippen molar-refractivity contribution in [3.8, 4) is 0 Å². The van der Waals surface area contributed by atoms with Crippen molar-refractivity contribution >= 4 is 29.3 Å². The molecule has 3 nitrogen and oxygen atoms in total. The molecule has 0 radical (unpaired) electrons. The second-order valence-corrected chi connectivity index (χ2v) is 4.29. The molecule has 1 aromatic rings. The van der Waals surface area contributed by atoms with Crippen LogP contribution in [0.3, 0.4) is 0 Å². The van der Waals surface area contributed by atoms with Crippen molar-refractivity contribution in [2.24, 2.45) is 0 Å². The van der Waals surface area contributed by atoms with Gasteiger partial charge in [0.25, 0.3) is 0 Å². The van der Waals surface area contributed by atoms with Gasteiger partial charge in [0.05, 0.1) is 19.3 Å². The highest BCUT2D eigenvalue weighted by Crippen LogP contribution is 2.30. The van der Waals surface area contributed by atoms with Crippen molar-refractivity contribution in [2.75, 3.05) is 7.11 Å². The fraction of sp³-hybridized carbons (Fsp3) is 0.182. The molecule has 0 aliphatic heterocycles. The van der Waals surface area contributed by atoms with Gasteiger partial charge in [-0.15, -0.1) is 0 Å². The Kier molecular flexibility index (Phi) is 4.86. The monoisotopic (exact) mass is 258 g/mol. The number of halogens is 1. The van der Waals surface area contributed by atoms with Gasteiger partial charge in [-0.2, -0.15) is 0 Å². The van der Waals surface area contributed by atoms with Crippen LogP contribution in [-0.2, 0) is 11.3 Å². The number of aliphatic hydroxyl groups is 1. The van der Waals surface area contributed by atoms with Crippen LogP contribution >= 0.6 is 23.4 Å². The molecule has 1 N–H and O–H groups in total. The van der Waals surface area contributed by atoms with E-state index in [0.29, 0.717) is 21.0 Å². The molecule has 0 fully saturated rings. The van der Waals surface area contributed by atoms with Gasteiger partial charge in [-0.05, 0) is 23.1 Å². The van der Waals surface area contributed by atoms with Crippen molar-refractivity contribution in [1.29, 1.82) is 0 Å². The van der Waals surface area contributed by atoms with E-state index >= 15 is 0 Å². The topological polar surface area (TPSA) is 46.5 Å². The summed E-state index contributed by atoms with van der Waals surface area (Å²) in [6.45, 7) is 3.40. The minimum atomic E-state index is -0.462. The Hall–Kier alpha value is -0.970. The number of carbonyl (C=O) groups is 1. The summed E-state index contributed by atoms with van der Waals surface area (Å²) >= 11 is 7.18. The third-order valence-electron chi connectivity index (χ3n) is 1.93. The van der Waals surface area contributed by atoms with Gasteiger partial charge in [-0.1, -0.05) is 29.9 Å². The fourth-order valence-electron chi connectivity index (χ4n) is 1.17. The zero-order chi connectivity index (χ0) is 12.1. The molecular weight excluding hydrogens is 248 g/mol. The van der Waals surface area contributed by atoms with Crippen LogP contribution in [0.15, 0.2) is 29.0 Å². The van der Waals surface area contributed by atoms with E-state index in [4.69, 9.17) is 16.7 Å². The minimum Gasteiger partial charge on any atom is -0.465 e. The van der Waals surface area contributed by atoms with E-state index < -0.39 is 5.97 Å². The van der Waals surface area contributed by atoms with Crippen molar-refractivity contribution in [2.45, 2.75) is 11.5 Å². The molecule has 1 aromatic carbocycles. The predicted molar refractivity (Wildman–Crippen MR) is 64.8 cm³/mol. The molecule has 0 bridgehead atoms. The minimum absolute atomic E-state index is 0.176. The van der Waals surface area contributed by atoms with E-state index in [1.165, 1.54) is 24.9 Å². The van der Waals surface area contributed by atoms with Crippen LogP contribution in [0.25, 0.3) is 0 Å². The van der Waals surface area contributed by atoms with E-state index in [0.717, 1.165) is 0 Å². The molecule has 0 aliphatic carbocycles. The summed E-state index contributed by atoms with van der Waals surface area (Å²) in [5.74, 6) is -0.462. The molecule has 0 aliphatic rings. The van der Waals surface area contributed by atoms with Crippen LogP contribution in [-0.4, -0.2) is 18.2 Å². The van der Waals surface area contributed by atoms with Crippen LogP contribution in [0.2, 0.25) is 5.02 Å². The van der Waals surface area contributed by atoms with Crippen LogP contribution < -0.4 is 0 Å². The number of hydrogen-bond acceptors (Lipinski definition) is 4. The van der Waals surface area contributed by atoms with Crippen LogP contribution in [0.1, 0.15) is 15.9 Å². The lowest BCUT2D eigenvalue weighted by Crippen LogP contribution is -2.04. The van der Waals surface area contributed by atoms with Gasteiger partial charge < -0.3 is 9.84 Å². The number of ether oxygens (including phenoxy) is 1. The summed E-state index contributed by atoms with van der Waals surface area (Å²) < 4.78 is 4.64. The van der Waals surface area contributed by atoms with Crippen molar-refractivity contribution in [3.05, 3.63) is 40.3 Å². The molecule has 0 amide bonds. The van der Waals surface area contributed by atoms with Crippen LogP contribution in [0, 0.1) is 0 Å². The number of carbonyl (C=O) groups excluding carboxylic acids is 1. The highest BCUT2D eigenvalue weighted by Gasteiger charge is 2.14. The summed E-state index contributed by atoms with van der Waals surface area (Å²) in [6, 6.07) is 3.14. The molecule has 0 spiro atoms. The highest BCUT2D eigenvalue weighted by atomic mass is 35.5. The van der Waals surface area contributed by atoms with Crippen molar-refractivity contribution in [1.82, 2.24) is 0 Å². The number of rotatable bonds is 4. The zero-order valence-electron chi connectivity index (χ0n) is 8.70. The first-order valence-electron chi connectivity index (χ1n) is 4.43. The molecule has 0 aromatic heterocycles. The van der Waals surface area contributed by atoms with Crippen molar-refractivity contribution < 1.29 is 14.6 Å². The van der Waals surface area contributed by atoms with E-state index in [-0.39, 0.29) is 6.61 Å². The quantitative estimate of drug-likeness (QED) is 0.666. The van der Waals surface area contributed by atoms with E-state index in [2.05, 4.69) is 11.3 Å². The number of benzene rings is 1. The van der Waals surface area contributed by atoms with Crippen LogP contribution in [0.4, 0.5) is 0 Å². The number of methoxy groups -OCH3 is 1. The van der Waals surface area contributed by atoms with Gasteiger partial charge in [-0.3, -0.25) is 0 Å². The Labute approximate surface area is 103 Å². The maximum absolute atomic E-state index is 11.5. The number of esters is 1. The molecule has 5 heteroatoms. The SMILES string of the molecule is C=CSc1cc(CO)c(Cl)cc1C(=O)OC. The lowest BCUT2D eigenvalue weighted by Gasteiger charge is -2.09. The Morgan fingerprint density at radius 1 is 1.69 bits per heavy atom. The standard InChI is InChI=1S/C11H11ClO3S/c1-3-16-10-4-7(6-13)9(12)5-8(10)11(14)15-2/h3-5,13H,1,6H2,2H3. The van der Waals surface area contributed by atoms with Gasteiger partial charge in [0.2, 0.25) is 0 Å². The molecule has 0 heterocycles. The average Bonchev–Trinajstić information content (AvgIpc) is 2.30. The molecule has 0 saturated heterocycles. The third kappa shape index (κ3) is 2.78. The summed E-state index contributed by atoms with van der Waals surface area (Å²) in [6.07, 6.45) is 0. The van der Waals surface area contributed by atoms with Crippen LogP contribution in [0.5, 0.6) is 0 Å². The molecule has 0 saturated carbocycles. The molecule has 1 rings (SSSR count). The molecule has 0 atom stereocenters. The Balaban J connectivity index is 3.29. The second-order valence-electron chi connectivity index (χ2n) is 2.87. The average molecular weight is 259 g/mol. The maximum Gasteiger partial charge on any atom is 0.339 e. The molecule has 0 unspecified atom stereocenters. The highest BCUT2D eigenvalue weighted by molar-refractivity contribution is 8.02. The summed E-state index contributed by atoms with van der Waals surface area (Å²) in [5.41, 5.74) is 0.938. The molecule has 86 valence electrons. The maximum atomic E-state index is 11.5. The van der Waals surface area contributed by atoms with Gasteiger partial charge in [0.15, 0.2) is 0 Å². The Bertz CT molecular complexity index is 418. The van der Waals surface area contributed by atoms with Gasteiger partial charge >= 0.3 is 5.97 Å². The molecule has 16 heavy (non-hydrogen) atoms. The second kappa shape index (κ2) is 5.94. The van der Waals surface area contributed by atoms with E-state index in [1.54, 1.807) is 11.5 Å². The van der Waals surface area contributed by atoms with Gasteiger partial charge in [0, 0.05) is 9.92 Å². The first-order valence-corrected chi connectivity index (χ1v) is 5.69. The summed E-state index contributed by atoms with van der Waals surface area (Å²) in [5, 5.41) is 11.0. The van der Waals surface area contributed by atoms with Gasteiger partial charge in [0.1, 0.15) is 0 Å². The van der Waals surface area contributed by atoms with E-state index in [9.17, 15) is 4.79 Å². The lowest BCUT2D eigenvalue weighted by atomic mass is 10.1. The zero-order valence-corrected chi connectivity index (χ0v) is 10.3. The lowest BCUT2D eigenvalue weighted by molar-refractivity contribution is 0.0596. The number of thioether (sulfide) groups is 1. The smallest absolute Gasteiger partial charge is 0.339 e. The Morgan fingerprint density at radius 3 is 2.88 bits per heavy atom. The first kappa shape index (κ1) is 13.1. The van der Waals surface area contributed by atoms with E-state index in [1.807, 2.05) is 0 Å². The summed E-state index contributed by atoms with van der Waals surface area (Å²) in [4.78, 5) is 12.1. The fourth-order valence-corrected chi connectivity index (χ4v) is 2.06. The predicted octanol–water partition coefficient (Wildman–Crippen LogP) is 2.85. The van der Waals surface area contributed by atoms with Gasteiger partial charge in [-0.25, -0.2) is 4.79 Å². The van der Waals surface area contributed by atoms with Crippen molar-refractivity contribution in [3.63, 3.8) is 0 Å². The first-order chi connectivity index (χ1) is 7.63. The Morgan fingerprint density at radius 2 is 2.38 bits per heavy atom.